The Kier molecular flexibility index (Phi) is 3.64. The zero-order chi connectivity index (χ0) is 8.97. The van der Waals surface area contributed by atoms with Crippen LogP contribution in [-0.4, -0.2) is 5.26 Å². The fourth-order valence-electron chi connectivity index (χ4n) is 0.614. The van der Waals surface area contributed by atoms with Crippen molar-refractivity contribution >= 4 is 29.3 Å². The summed E-state index contributed by atoms with van der Waals surface area (Å²) >= 11 is 6.53. The van der Waals surface area contributed by atoms with Crippen LogP contribution in [0.25, 0.3) is 0 Å². The van der Waals surface area contributed by atoms with Gasteiger partial charge in [0.2, 0.25) is 0 Å². The molecule has 0 saturated carbocycles. The Hall–Kier alpha value is -0.460. The number of hydrogen-bond acceptors (Lipinski definition) is 5. The molecule has 0 aliphatic heterocycles. The molecule has 0 aliphatic carbocycles. The lowest BCUT2D eigenvalue weighted by atomic mass is 10.3. The summed E-state index contributed by atoms with van der Waals surface area (Å²) in [6.45, 7) is 0. The highest BCUT2D eigenvalue weighted by Crippen LogP contribution is 2.26. The number of anilines is 1. The smallest absolute Gasteiger partial charge is 0.0714 e. The molecule has 0 spiro atoms. The summed E-state index contributed by atoms with van der Waals surface area (Å²) in [7, 11) is 0. The van der Waals surface area contributed by atoms with E-state index in [2.05, 4.69) is 9.37 Å². The minimum atomic E-state index is 0.432. The molecule has 0 radical (unpaired) electrons. The summed E-state index contributed by atoms with van der Waals surface area (Å²) in [4.78, 5) is 0.684. The first-order valence-electron chi connectivity index (χ1n) is 2.94. The molecule has 1 aromatic carbocycles. The molecule has 6 heteroatoms. The molecule has 0 amide bonds. The molecule has 0 bridgehead atoms. The van der Waals surface area contributed by atoms with Crippen LogP contribution in [0.15, 0.2) is 23.1 Å². The fourth-order valence-corrected chi connectivity index (χ4v) is 1.26. The average molecular weight is 208 g/mol. The van der Waals surface area contributed by atoms with Crippen molar-refractivity contribution in [1.29, 1.82) is 0 Å². The molecule has 12 heavy (non-hydrogen) atoms. The monoisotopic (exact) mass is 207 g/mol. The number of nitrogen functional groups attached to an aromatic ring is 1. The average Bonchev–Trinajstić information content (AvgIpc) is 2.07. The van der Waals surface area contributed by atoms with Gasteiger partial charge in [0.15, 0.2) is 0 Å². The second kappa shape index (κ2) is 4.54. The fraction of sp³-hybridized carbons (Fsp3) is 0. The Morgan fingerprint density at radius 2 is 2.25 bits per heavy atom. The maximum Gasteiger partial charge on any atom is 0.0714 e. The predicted molar refractivity (Wildman–Crippen MR) is 46.5 cm³/mol. The van der Waals surface area contributed by atoms with E-state index in [4.69, 9.17) is 22.6 Å². The van der Waals surface area contributed by atoms with Crippen LogP contribution in [0, 0.1) is 0 Å². The molecule has 0 aromatic heterocycles. The third kappa shape index (κ3) is 2.54. The van der Waals surface area contributed by atoms with Crippen LogP contribution in [0.1, 0.15) is 0 Å². The summed E-state index contributed by atoms with van der Waals surface area (Å²) < 4.78 is 4.19. The van der Waals surface area contributed by atoms with Gasteiger partial charge < -0.3 is 5.73 Å². The molecule has 0 fully saturated rings. The highest BCUT2D eigenvalue weighted by molar-refractivity contribution is 7.94. The number of nitrogens with two attached hydrogens (primary N) is 1. The van der Waals surface area contributed by atoms with E-state index >= 15 is 0 Å². The van der Waals surface area contributed by atoms with Crippen molar-refractivity contribution in [2.75, 3.05) is 5.73 Å². The second-order valence-electron chi connectivity index (χ2n) is 1.91. The standard InChI is InChI=1S/C6H6ClNO3S/c7-5-3-4(12-11-10-9)1-2-6(5)8/h1-3,9H,8H2. The third-order valence-corrected chi connectivity index (χ3v) is 2.04. The van der Waals surface area contributed by atoms with Crippen LogP contribution in [0.5, 0.6) is 0 Å². The molecule has 66 valence electrons. The number of rotatable bonds is 3. The zero-order valence-corrected chi connectivity index (χ0v) is 7.43. The molecule has 1 rings (SSSR count). The quantitative estimate of drug-likeness (QED) is 0.345. The maximum absolute atomic E-state index is 7.85. The van der Waals surface area contributed by atoms with Gasteiger partial charge in [0.05, 0.1) is 22.8 Å². The van der Waals surface area contributed by atoms with Gasteiger partial charge in [-0.15, -0.1) is 4.33 Å². The second-order valence-corrected chi connectivity index (χ2v) is 3.09. The van der Waals surface area contributed by atoms with Crippen molar-refractivity contribution in [3.63, 3.8) is 0 Å². The van der Waals surface area contributed by atoms with Gasteiger partial charge in [0.25, 0.3) is 0 Å². The first-order chi connectivity index (χ1) is 5.74. The zero-order valence-electron chi connectivity index (χ0n) is 5.86. The summed E-state index contributed by atoms with van der Waals surface area (Å²) in [5.41, 5.74) is 5.95. The first kappa shape index (κ1) is 9.63. The van der Waals surface area contributed by atoms with Gasteiger partial charge in [-0.2, -0.15) is 0 Å². The van der Waals surface area contributed by atoms with Gasteiger partial charge in [-0.3, -0.25) is 0 Å². The maximum atomic E-state index is 7.85. The highest BCUT2D eigenvalue weighted by Gasteiger charge is 1.99. The van der Waals surface area contributed by atoms with Crippen LogP contribution >= 0.6 is 23.6 Å². The van der Waals surface area contributed by atoms with Crippen LogP contribution in [0.4, 0.5) is 5.69 Å². The van der Waals surface area contributed by atoms with E-state index in [1.165, 1.54) is 0 Å². The van der Waals surface area contributed by atoms with Crippen LogP contribution < -0.4 is 5.73 Å². The summed E-state index contributed by atoms with van der Waals surface area (Å²) in [6.07, 6.45) is 0. The minimum Gasteiger partial charge on any atom is -0.398 e. The Morgan fingerprint density at radius 1 is 1.50 bits per heavy atom. The lowest BCUT2D eigenvalue weighted by Gasteiger charge is -2.00. The number of hydrogen-bond donors (Lipinski definition) is 2. The molecule has 3 N–H and O–H groups in total. The predicted octanol–water partition coefficient (Wildman–Crippen LogP) is 2.35. The van der Waals surface area contributed by atoms with Gasteiger partial charge in [-0.25, -0.2) is 5.26 Å². The summed E-state index contributed by atoms with van der Waals surface area (Å²) in [5, 5.41) is 11.7. The molecule has 0 unspecified atom stereocenters. The van der Waals surface area contributed by atoms with Gasteiger partial charge >= 0.3 is 0 Å². The minimum absolute atomic E-state index is 0.432. The van der Waals surface area contributed by atoms with Gasteiger partial charge in [0, 0.05) is 4.90 Å². The molecule has 0 heterocycles. The van der Waals surface area contributed by atoms with E-state index < -0.39 is 0 Å². The van der Waals surface area contributed by atoms with Crippen LogP contribution in [-0.2, 0) is 9.37 Å². The number of benzene rings is 1. The first-order valence-corrected chi connectivity index (χ1v) is 4.06. The van der Waals surface area contributed by atoms with Crippen LogP contribution in [0.3, 0.4) is 0 Å². The van der Waals surface area contributed by atoms with E-state index in [0.29, 0.717) is 15.6 Å². The molecule has 4 nitrogen and oxygen atoms in total. The summed E-state index contributed by atoms with van der Waals surface area (Å²) in [5.74, 6) is 0. The Bertz CT molecular complexity index is 271. The Balaban J connectivity index is 2.69. The molecule has 0 aliphatic rings. The van der Waals surface area contributed by atoms with Crippen molar-refractivity contribution < 1.29 is 14.6 Å². The molecular weight excluding hydrogens is 202 g/mol. The molecule has 0 saturated heterocycles. The van der Waals surface area contributed by atoms with Crippen molar-refractivity contribution in [1.82, 2.24) is 0 Å². The van der Waals surface area contributed by atoms with Crippen molar-refractivity contribution in [3.05, 3.63) is 23.2 Å². The lowest BCUT2D eigenvalue weighted by molar-refractivity contribution is -0.432. The number of halogens is 1. The van der Waals surface area contributed by atoms with E-state index in [-0.39, 0.29) is 0 Å². The van der Waals surface area contributed by atoms with Gasteiger partial charge in [0.1, 0.15) is 0 Å². The van der Waals surface area contributed by atoms with E-state index in [0.717, 1.165) is 12.0 Å². The highest BCUT2D eigenvalue weighted by atomic mass is 35.5. The largest absolute Gasteiger partial charge is 0.398 e. The van der Waals surface area contributed by atoms with Gasteiger partial charge in [-0.05, 0) is 18.2 Å². The Labute approximate surface area is 78.3 Å². The van der Waals surface area contributed by atoms with E-state index in [9.17, 15) is 0 Å². The van der Waals surface area contributed by atoms with Crippen LogP contribution in [0.2, 0.25) is 5.02 Å². The molecule has 1 aromatic rings. The van der Waals surface area contributed by atoms with E-state index in [1.807, 2.05) is 0 Å². The van der Waals surface area contributed by atoms with Crippen molar-refractivity contribution in [2.24, 2.45) is 0 Å². The Morgan fingerprint density at radius 3 is 2.83 bits per heavy atom. The molecule has 0 atom stereocenters. The molecular formula is C6H6ClNO3S. The SMILES string of the molecule is Nc1ccc(SOOO)cc1Cl. The summed E-state index contributed by atoms with van der Waals surface area (Å²) in [6, 6.07) is 4.91. The van der Waals surface area contributed by atoms with Gasteiger partial charge in [-0.1, -0.05) is 16.6 Å². The third-order valence-electron chi connectivity index (χ3n) is 1.13. The normalized spacial score (nSPS) is 10.2. The van der Waals surface area contributed by atoms with Crippen molar-refractivity contribution in [3.8, 4) is 0 Å². The van der Waals surface area contributed by atoms with E-state index in [1.54, 1.807) is 18.2 Å². The topological polar surface area (TPSA) is 64.7 Å². The van der Waals surface area contributed by atoms with Crippen molar-refractivity contribution in [2.45, 2.75) is 4.90 Å². The lowest BCUT2D eigenvalue weighted by Crippen LogP contribution is -1.86.